The number of carboxylic acids is 1. The summed E-state index contributed by atoms with van der Waals surface area (Å²) >= 11 is 0. The highest BCUT2D eigenvalue weighted by Crippen LogP contribution is 2.32. The number of carbonyl (C=O) groups is 2. The third kappa shape index (κ3) is 2.99. The number of anilines is 1. The zero-order valence-electron chi connectivity index (χ0n) is 11.8. The average molecular weight is 276 g/mol. The van der Waals surface area contributed by atoms with Crippen molar-refractivity contribution in [3.05, 3.63) is 29.8 Å². The molecule has 0 saturated heterocycles. The fraction of sp³-hybridized carbons (Fsp3) is 0.467. The summed E-state index contributed by atoms with van der Waals surface area (Å²) in [7, 11) is 0. The molecule has 1 aliphatic heterocycles. The van der Waals surface area contributed by atoms with Crippen molar-refractivity contribution in [2.45, 2.75) is 38.8 Å². The molecule has 0 aromatic heterocycles. The van der Waals surface area contributed by atoms with Crippen LogP contribution >= 0.6 is 0 Å². The van der Waals surface area contributed by atoms with Crippen LogP contribution in [0.3, 0.4) is 0 Å². The second kappa shape index (κ2) is 6.05. The van der Waals surface area contributed by atoms with Gasteiger partial charge in [0.2, 0.25) is 5.91 Å². The molecule has 5 nitrogen and oxygen atoms in total. The summed E-state index contributed by atoms with van der Waals surface area (Å²) in [5, 5.41) is 12.5. The van der Waals surface area contributed by atoms with Gasteiger partial charge >= 0.3 is 5.97 Å². The normalized spacial score (nSPS) is 17.4. The maximum absolute atomic E-state index is 12.3. The second-order valence-corrected chi connectivity index (χ2v) is 5.31. The quantitative estimate of drug-likeness (QED) is 0.853. The van der Waals surface area contributed by atoms with E-state index < -0.39 is 12.0 Å². The van der Waals surface area contributed by atoms with Crippen LogP contribution in [0.4, 0.5) is 5.69 Å². The van der Waals surface area contributed by atoms with Crippen molar-refractivity contribution in [3.63, 3.8) is 0 Å². The monoisotopic (exact) mass is 276 g/mol. The predicted octanol–water partition coefficient (Wildman–Crippen LogP) is 1.42. The molecule has 5 heteroatoms. The lowest BCUT2D eigenvalue weighted by Gasteiger charge is -2.23. The molecule has 1 atom stereocenters. The first-order valence-electron chi connectivity index (χ1n) is 6.87. The third-order valence-electron chi connectivity index (χ3n) is 3.42. The number of carboxylic acid groups (broad SMARTS) is 1. The molecule has 1 aromatic carbocycles. The molecule has 0 saturated carbocycles. The largest absolute Gasteiger partial charge is 0.480 e. The van der Waals surface area contributed by atoms with Gasteiger partial charge in [-0.25, -0.2) is 4.79 Å². The van der Waals surface area contributed by atoms with E-state index in [0.717, 1.165) is 11.3 Å². The van der Waals surface area contributed by atoms with Gasteiger partial charge in [-0.15, -0.1) is 0 Å². The number of carbonyl (C=O) groups excluding carboxylic acids is 1. The number of para-hydroxylation sites is 1. The molecule has 1 heterocycles. The van der Waals surface area contributed by atoms with Crippen LogP contribution in [0.5, 0.6) is 0 Å². The Morgan fingerprint density at radius 2 is 2.10 bits per heavy atom. The van der Waals surface area contributed by atoms with Crippen LogP contribution in [0, 0.1) is 0 Å². The third-order valence-corrected chi connectivity index (χ3v) is 3.42. The topological polar surface area (TPSA) is 69.6 Å². The molecule has 2 rings (SSSR count). The number of rotatable bonds is 5. The Morgan fingerprint density at radius 3 is 2.75 bits per heavy atom. The summed E-state index contributed by atoms with van der Waals surface area (Å²) in [5.74, 6) is -1.10. The molecular formula is C15H20N2O3. The summed E-state index contributed by atoms with van der Waals surface area (Å²) in [5.41, 5.74) is 1.65. The minimum absolute atomic E-state index is 0.143. The summed E-state index contributed by atoms with van der Waals surface area (Å²) in [4.78, 5) is 25.1. The van der Waals surface area contributed by atoms with E-state index in [1.807, 2.05) is 38.1 Å². The molecule has 0 aliphatic carbocycles. The van der Waals surface area contributed by atoms with Crippen LogP contribution in [-0.4, -0.2) is 35.6 Å². The van der Waals surface area contributed by atoms with E-state index in [1.165, 1.54) is 4.90 Å². The van der Waals surface area contributed by atoms with Crippen molar-refractivity contribution in [1.82, 2.24) is 5.32 Å². The van der Waals surface area contributed by atoms with E-state index in [1.54, 1.807) is 0 Å². The Hall–Kier alpha value is -1.88. The van der Waals surface area contributed by atoms with Crippen LogP contribution in [0.1, 0.15) is 25.8 Å². The van der Waals surface area contributed by atoms with Crippen LogP contribution in [0.2, 0.25) is 0 Å². The molecule has 20 heavy (non-hydrogen) atoms. The summed E-state index contributed by atoms with van der Waals surface area (Å²) < 4.78 is 0. The molecule has 1 aromatic rings. The van der Waals surface area contributed by atoms with Gasteiger partial charge in [0.05, 0.1) is 0 Å². The maximum atomic E-state index is 12.3. The Labute approximate surface area is 118 Å². The lowest BCUT2D eigenvalue weighted by atomic mass is 10.1. The molecule has 0 fully saturated rings. The second-order valence-electron chi connectivity index (χ2n) is 5.31. The maximum Gasteiger partial charge on any atom is 0.327 e. The van der Waals surface area contributed by atoms with Crippen LogP contribution in [0.15, 0.2) is 24.3 Å². The van der Waals surface area contributed by atoms with Crippen molar-refractivity contribution in [1.29, 1.82) is 0 Å². The van der Waals surface area contributed by atoms with Crippen molar-refractivity contribution >= 4 is 17.6 Å². The molecule has 108 valence electrons. The molecule has 0 radical (unpaired) electrons. The van der Waals surface area contributed by atoms with Gasteiger partial charge in [-0.3, -0.25) is 9.69 Å². The van der Waals surface area contributed by atoms with Crippen LogP contribution in [-0.2, 0) is 16.0 Å². The van der Waals surface area contributed by atoms with Crippen molar-refractivity contribution < 1.29 is 14.7 Å². The number of fused-ring (bicyclic) bond motifs is 1. The summed E-state index contributed by atoms with van der Waals surface area (Å²) in [6.07, 6.45) is 0.686. The fourth-order valence-corrected chi connectivity index (χ4v) is 2.48. The zero-order valence-corrected chi connectivity index (χ0v) is 11.8. The van der Waals surface area contributed by atoms with Gasteiger partial charge in [0, 0.05) is 31.1 Å². The number of benzene rings is 1. The van der Waals surface area contributed by atoms with Gasteiger partial charge in [0.25, 0.3) is 0 Å². The summed E-state index contributed by atoms with van der Waals surface area (Å²) in [6.45, 7) is 4.58. The van der Waals surface area contributed by atoms with Gasteiger partial charge in [0.15, 0.2) is 0 Å². The first-order chi connectivity index (χ1) is 9.50. The first kappa shape index (κ1) is 14.5. The zero-order chi connectivity index (χ0) is 14.7. The Balaban J connectivity index is 2.14. The Morgan fingerprint density at radius 1 is 1.40 bits per heavy atom. The number of nitrogens with one attached hydrogen (secondary N) is 1. The van der Waals surface area contributed by atoms with Crippen molar-refractivity contribution in [3.8, 4) is 0 Å². The SMILES string of the molecule is CC(C)NCCC(=O)N1c2ccccc2C[C@H]1C(=O)O. The van der Waals surface area contributed by atoms with E-state index in [2.05, 4.69) is 5.32 Å². The molecule has 0 bridgehead atoms. The Kier molecular flexibility index (Phi) is 4.39. The highest BCUT2D eigenvalue weighted by Gasteiger charge is 2.37. The average Bonchev–Trinajstić information content (AvgIpc) is 2.77. The van der Waals surface area contributed by atoms with Gasteiger partial charge in [-0.05, 0) is 11.6 Å². The number of nitrogens with zero attached hydrogens (tertiary/aromatic N) is 1. The van der Waals surface area contributed by atoms with Gasteiger partial charge < -0.3 is 10.4 Å². The van der Waals surface area contributed by atoms with E-state index in [9.17, 15) is 14.7 Å². The lowest BCUT2D eigenvalue weighted by molar-refractivity contribution is -0.139. The minimum atomic E-state index is -0.952. The molecule has 0 spiro atoms. The van der Waals surface area contributed by atoms with E-state index >= 15 is 0 Å². The van der Waals surface area contributed by atoms with Crippen LogP contribution < -0.4 is 10.2 Å². The van der Waals surface area contributed by atoms with Gasteiger partial charge in [0.1, 0.15) is 6.04 Å². The highest BCUT2D eigenvalue weighted by molar-refractivity contribution is 6.01. The lowest BCUT2D eigenvalue weighted by Crippen LogP contribution is -2.44. The van der Waals surface area contributed by atoms with Gasteiger partial charge in [-0.2, -0.15) is 0 Å². The molecule has 1 aliphatic rings. The first-order valence-corrected chi connectivity index (χ1v) is 6.87. The number of aliphatic carboxylic acids is 1. The standard InChI is InChI=1S/C15H20N2O3/c1-10(2)16-8-7-14(18)17-12-6-4-3-5-11(12)9-13(17)15(19)20/h3-6,10,13,16H,7-9H2,1-2H3,(H,19,20)/t13-/m0/s1. The van der Waals surface area contributed by atoms with Crippen molar-refractivity contribution in [2.24, 2.45) is 0 Å². The number of hydrogen-bond donors (Lipinski definition) is 2. The Bertz CT molecular complexity index is 514. The number of amides is 1. The number of hydrogen-bond acceptors (Lipinski definition) is 3. The fourth-order valence-electron chi connectivity index (χ4n) is 2.48. The van der Waals surface area contributed by atoms with Crippen molar-refractivity contribution in [2.75, 3.05) is 11.4 Å². The minimum Gasteiger partial charge on any atom is -0.480 e. The molecular weight excluding hydrogens is 256 g/mol. The van der Waals surface area contributed by atoms with Crippen LogP contribution in [0.25, 0.3) is 0 Å². The molecule has 1 amide bonds. The van der Waals surface area contributed by atoms with E-state index in [-0.39, 0.29) is 5.91 Å². The van der Waals surface area contributed by atoms with E-state index in [4.69, 9.17) is 0 Å². The molecule has 2 N–H and O–H groups in total. The van der Waals surface area contributed by atoms with Gasteiger partial charge in [-0.1, -0.05) is 32.0 Å². The predicted molar refractivity (Wildman–Crippen MR) is 76.8 cm³/mol. The highest BCUT2D eigenvalue weighted by atomic mass is 16.4. The summed E-state index contributed by atoms with van der Waals surface area (Å²) in [6, 6.07) is 6.92. The van der Waals surface area contributed by atoms with E-state index in [0.29, 0.717) is 25.4 Å². The molecule has 0 unspecified atom stereocenters. The smallest absolute Gasteiger partial charge is 0.327 e.